The number of thiophene rings is 1. The van der Waals surface area contributed by atoms with Crippen LogP contribution in [0, 0.1) is 5.92 Å². The highest BCUT2D eigenvalue weighted by Gasteiger charge is 2.43. The van der Waals surface area contributed by atoms with Gasteiger partial charge in [0.25, 0.3) is 0 Å². The van der Waals surface area contributed by atoms with Gasteiger partial charge in [-0.25, -0.2) is 0 Å². The highest BCUT2D eigenvalue weighted by Crippen LogP contribution is 2.33. The number of hydrogen-bond acceptors (Lipinski definition) is 5. The standard InChI is InChI=1S/C18H30N2O2S/c1-15(2)19(3)10-16-9-18(22-12-16)13-20(6-7-21-14-18)11-17-5-4-8-23-17/h4-5,8,15-16H,6-7,9-14H2,1-3H3/t16-,18+/m0/s1. The van der Waals surface area contributed by atoms with Gasteiger partial charge >= 0.3 is 0 Å². The second kappa shape index (κ2) is 7.62. The van der Waals surface area contributed by atoms with Crippen LogP contribution in [0.4, 0.5) is 0 Å². The van der Waals surface area contributed by atoms with Crippen LogP contribution in [0.5, 0.6) is 0 Å². The van der Waals surface area contributed by atoms with Crippen LogP contribution < -0.4 is 0 Å². The zero-order valence-electron chi connectivity index (χ0n) is 14.7. The van der Waals surface area contributed by atoms with Crippen molar-refractivity contribution in [1.29, 1.82) is 0 Å². The Hall–Kier alpha value is -0.460. The monoisotopic (exact) mass is 338 g/mol. The van der Waals surface area contributed by atoms with Crippen LogP contribution >= 0.6 is 11.3 Å². The fourth-order valence-electron chi connectivity index (χ4n) is 3.63. The van der Waals surface area contributed by atoms with E-state index in [0.717, 1.165) is 52.4 Å². The van der Waals surface area contributed by atoms with Gasteiger partial charge in [-0.05, 0) is 44.7 Å². The van der Waals surface area contributed by atoms with E-state index in [1.165, 1.54) is 4.88 Å². The van der Waals surface area contributed by atoms with Crippen molar-refractivity contribution in [2.24, 2.45) is 5.92 Å². The van der Waals surface area contributed by atoms with E-state index in [4.69, 9.17) is 9.47 Å². The lowest BCUT2D eigenvalue weighted by molar-refractivity contribution is -0.0562. The zero-order valence-corrected chi connectivity index (χ0v) is 15.5. The van der Waals surface area contributed by atoms with Gasteiger partial charge in [0.1, 0.15) is 5.60 Å². The molecular weight excluding hydrogens is 308 g/mol. The molecule has 0 unspecified atom stereocenters. The molecule has 3 heterocycles. The molecule has 0 bridgehead atoms. The van der Waals surface area contributed by atoms with Gasteiger partial charge in [-0.15, -0.1) is 11.3 Å². The van der Waals surface area contributed by atoms with E-state index in [0.29, 0.717) is 12.0 Å². The largest absolute Gasteiger partial charge is 0.377 e. The number of hydrogen-bond donors (Lipinski definition) is 0. The molecule has 2 aliphatic rings. The van der Waals surface area contributed by atoms with Crippen LogP contribution in [-0.2, 0) is 16.0 Å². The fourth-order valence-corrected chi connectivity index (χ4v) is 4.37. The van der Waals surface area contributed by atoms with Gasteiger partial charge in [-0.2, -0.15) is 0 Å². The second-order valence-electron chi connectivity index (χ2n) is 7.44. The minimum Gasteiger partial charge on any atom is -0.377 e. The summed E-state index contributed by atoms with van der Waals surface area (Å²) in [6, 6.07) is 4.94. The van der Waals surface area contributed by atoms with Gasteiger partial charge in [0, 0.05) is 37.1 Å². The molecule has 5 heteroatoms. The lowest BCUT2D eigenvalue weighted by Crippen LogP contribution is -2.44. The molecule has 0 saturated carbocycles. The Labute approximate surface area is 144 Å². The maximum atomic E-state index is 6.31. The second-order valence-corrected chi connectivity index (χ2v) is 8.47. The van der Waals surface area contributed by atoms with Gasteiger partial charge in [0.2, 0.25) is 0 Å². The molecule has 2 fully saturated rings. The highest BCUT2D eigenvalue weighted by atomic mass is 32.1. The summed E-state index contributed by atoms with van der Waals surface area (Å²) in [6.45, 7) is 11.1. The Bertz CT molecular complexity index is 479. The SMILES string of the molecule is CC(C)N(C)C[C@H]1CO[C@]2(COCCN(Cc3cccs3)C2)C1. The van der Waals surface area contributed by atoms with E-state index in [1.807, 2.05) is 11.3 Å². The lowest BCUT2D eigenvalue weighted by Gasteiger charge is -2.31. The van der Waals surface area contributed by atoms with Crippen LogP contribution in [0.2, 0.25) is 0 Å². The summed E-state index contributed by atoms with van der Waals surface area (Å²) in [5.74, 6) is 0.618. The van der Waals surface area contributed by atoms with Gasteiger partial charge in [-0.1, -0.05) is 6.07 Å². The van der Waals surface area contributed by atoms with Crippen molar-refractivity contribution < 1.29 is 9.47 Å². The Morgan fingerprint density at radius 1 is 1.48 bits per heavy atom. The molecule has 4 nitrogen and oxygen atoms in total. The number of rotatable bonds is 5. The first kappa shape index (κ1) is 17.4. The molecular formula is C18H30N2O2S. The first-order valence-electron chi connectivity index (χ1n) is 8.73. The topological polar surface area (TPSA) is 24.9 Å². The highest BCUT2D eigenvalue weighted by molar-refractivity contribution is 7.09. The summed E-state index contributed by atoms with van der Waals surface area (Å²) in [6.07, 6.45) is 1.12. The summed E-state index contributed by atoms with van der Waals surface area (Å²) < 4.78 is 12.2. The molecule has 0 radical (unpaired) electrons. The van der Waals surface area contributed by atoms with E-state index in [2.05, 4.69) is 48.2 Å². The van der Waals surface area contributed by atoms with Crippen molar-refractivity contribution >= 4 is 11.3 Å². The quantitative estimate of drug-likeness (QED) is 0.824. The molecule has 2 aliphatic heterocycles. The number of ether oxygens (including phenoxy) is 2. The molecule has 0 aromatic carbocycles. The van der Waals surface area contributed by atoms with Crippen LogP contribution in [0.3, 0.4) is 0 Å². The smallest absolute Gasteiger partial charge is 0.104 e. The van der Waals surface area contributed by atoms with Crippen LogP contribution in [0.25, 0.3) is 0 Å². The Morgan fingerprint density at radius 3 is 3.09 bits per heavy atom. The third-order valence-electron chi connectivity index (χ3n) is 5.10. The maximum Gasteiger partial charge on any atom is 0.104 e. The molecule has 23 heavy (non-hydrogen) atoms. The molecule has 2 saturated heterocycles. The fraction of sp³-hybridized carbons (Fsp3) is 0.778. The molecule has 1 aromatic rings. The van der Waals surface area contributed by atoms with E-state index < -0.39 is 0 Å². The van der Waals surface area contributed by atoms with Gasteiger partial charge < -0.3 is 14.4 Å². The molecule has 3 rings (SSSR count). The van der Waals surface area contributed by atoms with E-state index in [-0.39, 0.29) is 5.60 Å². The van der Waals surface area contributed by atoms with E-state index >= 15 is 0 Å². The van der Waals surface area contributed by atoms with Crippen molar-refractivity contribution in [2.75, 3.05) is 46.5 Å². The van der Waals surface area contributed by atoms with Crippen molar-refractivity contribution in [1.82, 2.24) is 9.80 Å². The summed E-state index contributed by atoms with van der Waals surface area (Å²) in [5.41, 5.74) is -0.101. The average Bonchev–Trinajstić information content (AvgIpc) is 3.09. The third kappa shape index (κ3) is 4.54. The van der Waals surface area contributed by atoms with Crippen LogP contribution in [0.15, 0.2) is 17.5 Å². The minimum atomic E-state index is -0.101. The lowest BCUT2D eigenvalue weighted by atomic mass is 9.93. The Kier molecular flexibility index (Phi) is 5.75. The predicted octanol–water partition coefficient (Wildman–Crippen LogP) is 2.70. The van der Waals surface area contributed by atoms with Crippen molar-refractivity contribution in [3.63, 3.8) is 0 Å². The molecule has 0 N–H and O–H groups in total. The summed E-state index contributed by atoms with van der Waals surface area (Å²) in [7, 11) is 2.21. The van der Waals surface area contributed by atoms with Crippen molar-refractivity contribution in [3.8, 4) is 0 Å². The van der Waals surface area contributed by atoms with Crippen molar-refractivity contribution in [3.05, 3.63) is 22.4 Å². The van der Waals surface area contributed by atoms with Gasteiger partial charge in [-0.3, -0.25) is 4.90 Å². The molecule has 0 amide bonds. The number of nitrogens with zero attached hydrogens (tertiary/aromatic N) is 2. The summed E-state index contributed by atoms with van der Waals surface area (Å²) in [5, 5.41) is 2.16. The van der Waals surface area contributed by atoms with Crippen LogP contribution in [-0.4, -0.2) is 67.9 Å². The molecule has 2 atom stereocenters. The van der Waals surface area contributed by atoms with E-state index in [1.54, 1.807) is 0 Å². The molecule has 130 valence electrons. The minimum absolute atomic E-state index is 0.101. The molecule has 1 aromatic heterocycles. The molecule has 0 aliphatic carbocycles. The predicted molar refractivity (Wildman–Crippen MR) is 95.0 cm³/mol. The first-order valence-corrected chi connectivity index (χ1v) is 9.61. The first-order chi connectivity index (χ1) is 11.1. The van der Waals surface area contributed by atoms with Gasteiger partial charge in [0.05, 0.1) is 19.8 Å². The summed E-state index contributed by atoms with van der Waals surface area (Å²) >= 11 is 1.84. The van der Waals surface area contributed by atoms with Crippen molar-refractivity contribution in [2.45, 2.75) is 38.5 Å². The average molecular weight is 339 g/mol. The van der Waals surface area contributed by atoms with Crippen LogP contribution in [0.1, 0.15) is 25.1 Å². The zero-order chi connectivity index (χ0) is 16.3. The Morgan fingerprint density at radius 2 is 2.35 bits per heavy atom. The van der Waals surface area contributed by atoms with E-state index in [9.17, 15) is 0 Å². The Balaban J connectivity index is 1.59. The summed E-state index contributed by atoms with van der Waals surface area (Å²) in [4.78, 5) is 6.36. The maximum absolute atomic E-state index is 6.31. The normalized spacial score (nSPS) is 29.7. The molecule has 1 spiro atoms. The van der Waals surface area contributed by atoms with Gasteiger partial charge in [0.15, 0.2) is 0 Å². The third-order valence-corrected chi connectivity index (χ3v) is 5.96.